The van der Waals surface area contributed by atoms with Crippen LogP contribution in [0.2, 0.25) is 0 Å². The molecule has 0 fully saturated rings. The third kappa shape index (κ3) is 4.42. The lowest BCUT2D eigenvalue weighted by Crippen LogP contribution is -2.22. The lowest BCUT2D eigenvalue weighted by Gasteiger charge is -2.21. The smallest absolute Gasteiger partial charge is 0.323 e. The van der Waals surface area contributed by atoms with Gasteiger partial charge in [-0.05, 0) is 50.2 Å². The van der Waals surface area contributed by atoms with Gasteiger partial charge in [-0.25, -0.2) is 13.6 Å². The number of urea groups is 1. The number of hydrogen-bond donors (Lipinski definition) is 2. The van der Waals surface area contributed by atoms with E-state index in [1.54, 1.807) is 12.1 Å². The van der Waals surface area contributed by atoms with Crippen LogP contribution in [0.1, 0.15) is 13.8 Å². The maximum absolute atomic E-state index is 13.1. The van der Waals surface area contributed by atoms with Crippen LogP contribution in [-0.2, 0) is 0 Å². The highest BCUT2D eigenvalue weighted by atomic mass is 19.2. The van der Waals surface area contributed by atoms with Crippen LogP contribution in [0.5, 0.6) is 0 Å². The highest BCUT2D eigenvalue weighted by Gasteiger charge is 2.07. The fraction of sp³-hybridized carbons (Fsp3) is 0.235. The van der Waals surface area contributed by atoms with Gasteiger partial charge in [-0.15, -0.1) is 0 Å². The molecule has 0 aliphatic carbocycles. The molecule has 2 aromatic carbocycles. The standard InChI is InChI=1S/C17H19F2N3O/c1-3-22(4-2)14-8-5-12(6-9-14)20-17(23)21-13-7-10-15(18)16(19)11-13/h5-11H,3-4H2,1-2H3,(H2,20,21,23). The predicted octanol–water partition coefficient (Wildman–Crippen LogP) is 4.46. The number of hydrogen-bond acceptors (Lipinski definition) is 2. The summed E-state index contributed by atoms with van der Waals surface area (Å²) in [5.41, 5.74) is 1.86. The number of amides is 2. The lowest BCUT2D eigenvalue weighted by atomic mass is 10.2. The van der Waals surface area contributed by atoms with Gasteiger partial charge in [0.1, 0.15) is 0 Å². The molecule has 0 atom stereocenters. The van der Waals surface area contributed by atoms with Crippen LogP contribution in [-0.4, -0.2) is 19.1 Å². The Morgan fingerprint density at radius 2 is 1.48 bits per heavy atom. The highest BCUT2D eigenvalue weighted by molar-refractivity contribution is 5.99. The molecule has 0 heterocycles. The summed E-state index contributed by atoms with van der Waals surface area (Å²) in [6, 6.07) is 10.1. The normalized spacial score (nSPS) is 10.3. The first-order valence-electron chi connectivity index (χ1n) is 7.41. The number of nitrogens with one attached hydrogen (secondary N) is 2. The second-order valence-corrected chi connectivity index (χ2v) is 4.93. The molecule has 2 aromatic rings. The summed E-state index contributed by atoms with van der Waals surface area (Å²) >= 11 is 0. The average molecular weight is 319 g/mol. The van der Waals surface area contributed by atoms with Crippen molar-refractivity contribution >= 4 is 23.1 Å². The van der Waals surface area contributed by atoms with Crippen LogP contribution in [0.4, 0.5) is 30.6 Å². The number of benzene rings is 2. The Labute approximate surface area is 134 Å². The summed E-state index contributed by atoms with van der Waals surface area (Å²) in [5.74, 6) is -1.96. The predicted molar refractivity (Wildman–Crippen MR) is 89.0 cm³/mol. The van der Waals surface area contributed by atoms with Gasteiger partial charge >= 0.3 is 6.03 Å². The molecule has 2 N–H and O–H groups in total. The Bertz CT molecular complexity index is 670. The SMILES string of the molecule is CCN(CC)c1ccc(NC(=O)Nc2ccc(F)c(F)c2)cc1. The van der Waals surface area contributed by atoms with Crippen LogP contribution in [0, 0.1) is 11.6 Å². The van der Waals surface area contributed by atoms with Crippen molar-refractivity contribution in [3.05, 3.63) is 54.1 Å². The molecular weight excluding hydrogens is 300 g/mol. The van der Waals surface area contributed by atoms with Gasteiger partial charge in [0.2, 0.25) is 0 Å². The molecule has 0 saturated heterocycles. The molecular formula is C17H19F2N3O. The van der Waals surface area contributed by atoms with Crippen LogP contribution in [0.25, 0.3) is 0 Å². The van der Waals surface area contributed by atoms with Crippen molar-refractivity contribution in [1.29, 1.82) is 0 Å². The van der Waals surface area contributed by atoms with Crippen LogP contribution in [0.15, 0.2) is 42.5 Å². The van der Waals surface area contributed by atoms with Crippen molar-refractivity contribution < 1.29 is 13.6 Å². The Balaban J connectivity index is 1.98. The number of anilines is 3. The maximum Gasteiger partial charge on any atom is 0.323 e. The van der Waals surface area contributed by atoms with E-state index in [0.717, 1.165) is 30.9 Å². The maximum atomic E-state index is 13.1. The largest absolute Gasteiger partial charge is 0.372 e. The molecule has 0 saturated carbocycles. The van der Waals surface area contributed by atoms with Crippen LogP contribution >= 0.6 is 0 Å². The van der Waals surface area contributed by atoms with Crippen molar-refractivity contribution in [2.45, 2.75) is 13.8 Å². The summed E-state index contributed by atoms with van der Waals surface area (Å²) in [5, 5.41) is 5.09. The van der Waals surface area contributed by atoms with Gasteiger partial charge in [0, 0.05) is 36.2 Å². The summed E-state index contributed by atoms with van der Waals surface area (Å²) in [6.07, 6.45) is 0. The van der Waals surface area contributed by atoms with E-state index in [1.807, 2.05) is 12.1 Å². The summed E-state index contributed by atoms with van der Waals surface area (Å²) in [4.78, 5) is 14.0. The fourth-order valence-corrected chi connectivity index (χ4v) is 2.21. The van der Waals surface area contributed by atoms with E-state index >= 15 is 0 Å². The fourth-order valence-electron chi connectivity index (χ4n) is 2.21. The molecule has 0 bridgehead atoms. The summed E-state index contributed by atoms with van der Waals surface area (Å²) < 4.78 is 25.9. The molecule has 0 unspecified atom stereocenters. The molecule has 0 aliphatic rings. The van der Waals surface area contributed by atoms with E-state index in [2.05, 4.69) is 29.4 Å². The molecule has 6 heteroatoms. The molecule has 0 aliphatic heterocycles. The van der Waals surface area contributed by atoms with Crippen molar-refractivity contribution in [2.24, 2.45) is 0 Å². The second-order valence-electron chi connectivity index (χ2n) is 4.93. The summed E-state index contributed by atoms with van der Waals surface area (Å²) in [6.45, 7) is 5.95. The Morgan fingerprint density at radius 1 is 0.913 bits per heavy atom. The van der Waals surface area contributed by atoms with E-state index in [9.17, 15) is 13.6 Å². The molecule has 4 nitrogen and oxygen atoms in total. The van der Waals surface area contributed by atoms with Gasteiger partial charge < -0.3 is 15.5 Å². The first kappa shape index (κ1) is 16.7. The van der Waals surface area contributed by atoms with E-state index in [-0.39, 0.29) is 5.69 Å². The van der Waals surface area contributed by atoms with Gasteiger partial charge in [0.05, 0.1) is 0 Å². The third-order valence-electron chi connectivity index (χ3n) is 3.43. The van der Waals surface area contributed by atoms with Gasteiger partial charge in [-0.1, -0.05) is 0 Å². The van der Waals surface area contributed by atoms with E-state index in [0.29, 0.717) is 5.69 Å². The monoisotopic (exact) mass is 319 g/mol. The number of carbonyl (C=O) groups is 1. The molecule has 0 spiro atoms. The topological polar surface area (TPSA) is 44.4 Å². The zero-order chi connectivity index (χ0) is 16.8. The van der Waals surface area contributed by atoms with Crippen molar-refractivity contribution in [3.63, 3.8) is 0 Å². The van der Waals surface area contributed by atoms with Gasteiger partial charge in [0.25, 0.3) is 0 Å². The number of nitrogens with zero attached hydrogens (tertiary/aromatic N) is 1. The summed E-state index contributed by atoms with van der Waals surface area (Å²) in [7, 11) is 0. The minimum Gasteiger partial charge on any atom is -0.372 e. The zero-order valence-electron chi connectivity index (χ0n) is 13.1. The Kier molecular flexibility index (Phi) is 5.51. The Morgan fingerprint density at radius 3 is 2.04 bits per heavy atom. The molecule has 0 radical (unpaired) electrons. The molecule has 23 heavy (non-hydrogen) atoms. The van der Waals surface area contributed by atoms with Crippen LogP contribution in [0.3, 0.4) is 0 Å². The second kappa shape index (κ2) is 7.58. The highest BCUT2D eigenvalue weighted by Crippen LogP contribution is 2.18. The van der Waals surface area contributed by atoms with E-state index in [1.165, 1.54) is 6.07 Å². The quantitative estimate of drug-likeness (QED) is 0.855. The van der Waals surface area contributed by atoms with Gasteiger partial charge in [-0.3, -0.25) is 0 Å². The Hall–Kier alpha value is -2.63. The van der Waals surface area contributed by atoms with Crippen molar-refractivity contribution in [2.75, 3.05) is 28.6 Å². The van der Waals surface area contributed by atoms with Crippen molar-refractivity contribution in [3.8, 4) is 0 Å². The minimum atomic E-state index is -1.01. The van der Waals surface area contributed by atoms with Gasteiger partial charge in [-0.2, -0.15) is 0 Å². The number of carbonyl (C=O) groups excluding carboxylic acids is 1. The lowest BCUT2D eigenvalue weighted by molar-refractivity contribution is 0.262. The first-order chi connectivity index (χ1) is 11.0. The average Bonchev–Trinajstić information content (AvgIpc) is 2.53. The first-order valence-corrected chi connectivity index (χ1v) is 7.41. The number of halogens is 2. The molecule has 2 amide bonds. The minimum absolute atomic E-state index is 0.182. The third-order valence-corrected chi connectivity index (χ3v) is 3.43. The number of rotatable bonds is 5. The van der Waals surface area contributed by atoms with Crippen molar-refractivity contribution in [1.82, 2.24) is 0 Å². The molecule has 122 valence electrons. The van der Waals surface area contributed by atoms with E-state index in [4.69, 9.17) is 0 Å². The van der Waals surface area contributed by atoms with Crippen LogP contribution < -0.4 is 15.5 Å². The molecule has 2 rings (SSSR count). The molecule has 0 aromatic heterocycles. The zero-order valence-corrected chi connectivity index (χ0v) is 13.1. The van der Waals surface area contributed by atoms with Gasteiger partial charge in [0.15, 0.2) is 11.6 Å². The van der Waals surface area contributed by atoms with E-state index < -0.39 is 17.7 Å².